The zero-order valence-corrected chi connectivity index (χ0v) is 11.0. The van der Waals surface area contributed by atoms with Gasteiger partial charge in [0.1, 0.15) is 0 Å². The fourth-order valence-electron chi connectivity index (χ4n) is 2.03. The Labute approximate surface area is 120 Å². The number of nitrogens with zero attached hydrogens (tertiary/aromatic N) is 3. The van der Waals surface area contributed by atoms with E-state index < -0.39 is 4.92 Å². The molecule has 0 atom stereocenters. The Balaban J connectivity index is 2.07. The van der Waals surface area contributed by atoms with Gasteiger partial charge in [-0.1, -0.05) is 42.5 Å². The highest BCUT2D eigenvalue weighted by atomic mass is 16.6. The van der Waals surface area contributed by atoms with Crippen molar-refractivity contribution in [2.75, 3.05) is 0 Å². The van der Waals surface area contributed by atoms with Gasteiger partial charge in [-0.2, -0.15) is 0 Å². The highest BCUT2D eigenvalue weighted by Gasteiger charge is 2.16. The van der Waals surface area contributed by atoms with Crippen LogP contribution >= 0.6 is 0 Å². The number of nitro groups is 1. The van der Waals surface area contributed by atoms with Crippen molar-refractivity contribution < 1.29 is 4.92 Å². The summed E-state index contributed by atoms with van der Waals surface area (Å²) in [5.74, 6) is 0.151. The molecule has 0 amide bonds. The summed E-state index contributed by atoms with van der Waals surface area (Å²) in [6.45, 7) is 0. The molecule has 1 heterocycles. The van der Waals surface area contributed by atoms with E-state index in [0.29, 0.717) is 16.7 Å². The van der Waals surface area contributed by atoms with Crippen LogP contribution in [0, 0.1) is 10.1 Å². The highest BCUT2D eigenvalue weighted by molar-refractivity contribution is 5.86. The summed E-state index contributed by atoms with van der Waals surface area (Å²) in [4.78, 5) is 19.0. The number of hydrogen-bond donors (Lipinski definition) is 0. The van der Waals surface area contributed by atoms with Gasteiger partial charge in [-0.25, -0.2) is 4.98 Å². The van der Waals surface area contributed by atoms with Gasteiger partial charge < -0.3 is 10.1 Å². The van der Waals surface area contributed by atoms with Gasteiger partial charge in [-0.05, 0) is 33.7 Å². The van der Waals surface area contributed by atoms with E-state index in [4.69, 9.17) is 0 Å². The van der Waals surface area contributed by atoms with Crippen LogP contribution in [0.1, 0.15) is 11.4 Å². The van der Waals surface area contributed by atoms with E-state index >= 15 is 0 Å². The molecule has 0 aliphatic heterocycles. The van der Waals surface area contributed by atoms with Gasteiger partial charge in [0.05, 0.1) is 10.9 Å². The van der Waals surface area contributed by atoms with Crippen molar-refractivity contribution in [1.29, 1.82) is 0 Å². The maximum Gasteiger partial charge on any atom is 0.375 e. The van der Waals surface area contributed by atoms with Crippen molar-refractivity contribution >= 4 is 28.9 Å². The molecule has 21 heavy (non-hydrogen) atoms. The Morgan fingerprint density at radius 1 is 0.905 bits per heavy atom. The van der Waals surface area contributed by atoms with Crippen LogP contribution in [0.25, 0.3) is 23.1 Å². The quantitative estimate of drug-likeness (QED) is 0.540. The lowest BCUT2D eigenvalue weighted by Gasteiger charge is -1.99. The van der Waals surface area contributed by atoms with Crippen LogP contribution in [-0.4, -0.2) is 14.9 Å². The van der Waals surface area contributed by atoms with Gasteiger partial charge in [0.25, 0.3) is 5.82 Å². The molecule has 0 radical (unpaired) electrons. The first-order valence-electron chi connectivity index (χ1n) is 6.38. The van der Waals surface area contributed by atoms with Gasteiger partial charge in [0.2, 0.25) is 0 Å². The second kappa shape index (κ2) is 5.50. The van der Waals surface area contributed by atoms with Crippen molar-refractivity contribution in [3.63, 3.8) is 0 Å². The van der Waals surface area contributed by atoms with Crippen molar-refractivity contribution in [3.05, 3.63) is 76.1 Å². The number of para-hydroxylation sites is 1. The van der Waals surface area contributed by atoms with E-state index in [1.165, 1.54) is 0 Å². The molecule has 5 heteroatoms. The molecule has 0 unspecified atom stereocenters. The molecule has 0 aliphatic rings. The summed E-state index contributed by atoms with van der Waals surface area (Å²) in [5.41, 5.74) is 1.55. The van der Waals surface area contributed by atoms with Crippen molar-refractivity contribution in [2.24, 2.45) is 0 Å². The Kier molecular flexibility index (Phi) is 3.39. The van der Waals surface area contributed by atoms with Crippen LogP contribution in [0.15, 0.2) is 54.6 Å². The summed E-state index contributed by atoms with van der Waals surface area (Å²) in [6.07, 6.45) is 3.50. The zero-order chi connectivity index (χ0) is 14.7. The molecule has 0 fully saturated rings. The minimum Gasteiger partial charge on any atom is -0.358 e. The van der Waals surface area contributed by atoms with E-state index in [2.05, 4.69) is 9.97 Å². The van der Waals surface area contributed by atoms with E-state index in [-0.39, 0.29) is 5.82 Å². The fraction of sp³-hybridized carbons (Fsp3) is 0. The number of benzene rings is 2. The fourth-order valence-corrected chi connectivity index (χ4v) is 2.03. The van der Waals surface area contributed by atoms with Crippen LogP contribution in [0.4, 0.5) is 5.82 Å². The Hall–Kier alpha value is -3.08. The highest BCUT2D eigenvalue weighted by Crippen LogP contribution is 2.22. The average Bonchev–Trinajstić information content (AvgIpc) is 2.53. The van der Waals surface area contributed by atoms with Crippen molar-refractivity contribution in [1.82, 2.24) is 9.97 Å². The first-order chi connectivity index (χ1) is 10.2. The molecule has 0 spiro atoms. The van der Waals surface area contributed by atoms with Crippen LogP contribution < -0.4 is 0 Å². The standard InChI is InChI=1S/C16H11N3O2/c20-19(21)16-13-8-4-5-9-14(13)17-15(18-16)11-10-12-6-2-1-3-7-12/h1-11H. The third kappa shape index (κ3) is 2.76. The second-order valence-electron chi connectivity index (χ2n) is 4.42. The Bertz CT molecular complexity index is 829. The molecule has 102 valence electrons. The minimum atomic E-state index is -0.482. The van der Waals surface area contributed by atoms with Crippen molar-refractivity contribution in [3.8, 4) is 0 Å². The first kappa shape index (κ1) is 12.9. The average molecular weight is 277 g/mol. The SMILES string of the molecule is O=[N+]([O-])c1nc(C=Cc2ccccc2)nc2ccccc12. The Morgan fingerprint density at radius 2 is 1.62 bits per heavy atom. The molecule has 5 nitrogen and oxygen atoms in total. The van der Waals surface area contributed by atoms with Gasteiger partial charge in [-0.15, -0.1) is 0 Å². The smallest absolute Gasteiger partial charge is 0.358 e. The number of aromatic nitrogens is 2. The third-order valence-corrected chi connectivity index (χ3v) is 3.00. The van der Waals surface area contributed by atoms with Crippen LogP contribution in [-0.2, 0) is 0 Å². The summed E-state index contributed by atoms with van der Waals surface area (Å²) < 4.78 is 0. The molecule has 3 aromatic rings. The molecule has 0 saturated carbocycles. The minimum absolute atomic E-state index is 0.173. The number of hydrogen-bond acceptors (Lipinski definition) is 4. The molecule has 0 saturated heterocycles. The molecule has 0 aliphatic carbocycles. The Morgan fingerprint density at radius 3 is 2.38 bits per heavy atom. The van der Waals surface area contributed by atoms with Crippen LogP contribution in [0.3, 0.4) is 0 Å². The summed E-state index contributed by atoms with van der Waals surface area (Å²) in [5, 5.41) is 11.6. The summed E-state index contributed by atoms with van der Waals surface area (Å²) >= 11 is 0. The van der Waals surface area contributed by atoms with Crippen molar-refractivity contribution in [2.45, 2.75) is 0 Å². The molecule has 0 N–H and O–H groups in total. The zero-order valence-electron chi connectivity index (χ0n) is 11.0. The van der Waals surface area contributed by atoms with E-state index in [0.717, 1.165) is 5.56 Å². The molecule has 0 bridgehead atoms. The normalized spacial score (nSPS) is 11.0. The molecular formula is C16H11N3O2. The lowest BCUT2D eigenvalue weighted by Crippen LogP contribution is -1.98. The lowest BCUT2D eigenvalue weighted by molar-refractivity contribution is -0.387. The maximum absolute atomic E-state index is 11.1. The monoisotopic (exact) mass is 277 g/mol. The van der Waals surface area contributed by atoms with E-state index in [1.807, 2.05) is 36.4 Å². The van der Waals surface area contributed by atoms with Gasteiger partial charge >= 0.3 is 5.82 Å². The number of fused-ring (bicyclic) bond motifs is 1. The summed E-state index contributed by atoms with van der Waals surface area (Å²) in [7, 11) is 0. The van der Waals surface area contributed by atoms with Gasteiger partial charge in [0, 0.05) is 6.08 Å². The van der Waals surface area contributed by atoms with E-state index in [1.54, 1.807) is 30.3 Å². The first-order valence-corrected chi connectivity index (χ1v) is 6.38. The third-order valence-electron chi connectivity index (χ3n) is 3.00. The van der Waals surface area contributed by atoms with Gasteiger partial charge in [-0.3, -0.25) is 0 Å². The largest absolute Gasteiger partial charge is 0.375 e. The van der Waals surface area contributed by atoms with Gasteiger partial charge in [0.15, 0.2) is 0 Å². The molecule has 2 aromatic carbocycles. The topological polar surface area (TPSA) is 68.9 Å². The predicted molar refractivity (Wildman–Crippen MR) is 81.6 cm³/mol. The predicted octanol–water partition coefficient (Wildman–Crippen LogP) is 3.71. The molecule has 3 rings (SSSR count). The van der Waals surface area contributed by atoms with E-state index in [9.17, 15) is 10.1 Å². The van der Waals surface area contributed by atoms with Crippen LogP contribution in [0.5, 0.6) is 0 Å². The summed E-state index contributed by atoms with van der Waals surface area (Å²) in [6, 6.07) is 16.6. The second-order valence-corrected chi connectivity index (χ2v) is 4.42. The number of rotatable bonds is 3. The molecular weight excluding hydrogens is 266 g/mol. The van der Waals surface area contributed by atoms with Crippen LogP contribution in [0.2, 0.25) is 0 Å². The molecule has 1 aromatic heterocycles. The lowest BCUT2D eigenvalue weighted by atomic mass is 10.2. The maximum atomic E-state index is 11.1.